The number of ether oxygens (including phenoxy) is 1. The molecule has 1 N–H and O–H groups in total. The summed E-state index contributed by atoms with van der Waals surface area (Å²) in [5.41, 5.74) is 1.20. The molecule has 0 saturated carbocycles. The average Bonchev–Trinajstić information content (AvgIpc) is 3.15. The lowest BCUT2D eigenvalue weighted by atomic mass is 10.1. The molecule has 2 fully saturated rings. The number of carbonyl (C=O) groups excluding carboxylic acids is 2. The summed E-state index contributed by atoms with van der Waals surface area (Å²) in [7, 11) is 3.38. The first-order valence-corrected chi connectivity index (χ1v) is 11.0. The smallest absolute Gasteiger partial charge is 0.325 e. The van der Waals surface area contributed by atoms with E-state index in [2.05, 4.69) is 39.1 Å². The van der Waals surface area contributed by atoms with Crippen LogP contribution in [0.3, 0.4) is 0 Å². The van der Waals surface area contributed by atoms with Crippen LogP contribution in [0, 0.1) is 0 Å². The molecule has 0 radical (unpaired) electrons. The molecular formula is C22H32N6O3. The highest BCUT2D eigenvalue weighted by Crippen LogP contribution is 2.26. The minimum Gasteiger partial charge on any atom is -0.497 e. The molecule has 3 heterocycles. The highest BCUT2D eigenvalue weighted by atomic mass is 16.5. The normalized spacial score (nSPS) is 24.2. The van der Waals surface area contributed by atoms with Crippen molar-refractivity contribution in [3.8, 4) is 5.75 Å². The second-order valence-electron chi connectivity index (χ2n) is 8.32. The summed E-state index contributed by atoms with van der Waals surface area (Å²) in [6.45, 7) is 7.31. The van der Waals surface area contributed by atoms with Gasteiger partial charge in [-0.1, -0.05) is 13.3 Å². The molecule has 2 unspecified atom stereocenters. The van der Waals surface area contributed by atoms with Crippen LogP contribution < -0.4 is 15.0 Å². The third kappa shape index (κ3) is 4.32. The Hall–Kier alpha value is -2.81. The molecule has 9 heteroatoms. The number of rotatable bonds is 7. The van der Waals surface area contributed by atoms with Crippen LogP contribution in [0.2, 0.25) is 0 Å². The molecule has 2 saturated heterocycles. The summed E-state index contributed by atoms with van der Waals surface area (Å²) < 4.78 is 5.25. The number of unbranched alkanes of at least 4 members (excludes halogenated alkanes) is 1. The number of anilines is 1. The first-order chi connectivity index (χ1) is 15.0. The fraction of sp³-hybridized carbons (Fsp3) is 0.591. The maximum absolute atomic E-state index is 12.6. The van der Waals surface area contributed by atoms with Gasteiger partial charge in [-0.2, -0.15) is 0 Å². The topological polar surface area (TPSA) is 80.7 Å². The number of methoxy groups -OCH3 is 1. The van der Waals surface area contributed by atoms with Crippen LogP contribution in [0.25, 0.3) is 0 Å². The summed E-state index contributed by atoms with van der Waals surface area (Å²) in [6.07, 6.45) is 1.59. The predicted octanol–water partition coefficient (Wildman–Crippen LogP) is 1.21. The van der Waals surface area contributed by atoms with Crippen LogP contribution in [0.1, 0.15) is 19.8 Å². The van der Waals surface area contributed by atoms with Gasteiger partial charge in [-0.15, -0.1) is 0 Å². The molecule has 4 rings (SSSR count). The molecule has 1 aromatic carbocycles. The molecule has 31 heavy (non-hydrogen) atoms. The Bertz CT molecular complexity index is 834. The SMILES string of the molecule is CCCCN1C(CN2CCN(c3ccc(OC)cc3)CC2)=NC2C1C(=O)NC(=O)N2C. The average molecular weight is 429 g/mol. The van der Waals surface area contributed by atoms with Crippen LogP contribution in [0.5, 0.6) is 5.75 Å². The Kier molecular flexibility index (Phi) is 6.31. The number of hydrogen-bond donors (Lipinski definition) is 1. The van der Waals surface area contributed by atoms with Gasteiger partial charge in [-0.25, -0.2) is 9.79 Å². The molecule has 3 aliphatic rings. The van der Waals surface area contributed by atoms with Gasteiger partial charge < -0.3 is 19.4 Å². The van der Waals surface area contributed by atoms with Gasteiger partial charge in [0, 0.05) is 45.5 Å². The van der Waals surface area contributed by atoms with Crippen molar-refractivity contribution < 1.29 is 14.3 Å². The molecular weight excluding hydrogens is 396 g/mol. The molecule has 168 valence electrons. The Morgan fingerprint density at radius 3 is 2.48 bits per heavy atom. The van der Waals surface area contributed by atoms with E-state index in [-0.39, 0.29) is 11.9 Å². The fourth-order valence-corrected chi connectivity index (χ4v) is 4.47. The second kappa shape index (κ2) is 9.13. The van der Waals surface area contributed by atoms with E-state index in [1.165, 1.54) is 5.69 Å². The van der Waals surface area contributed by atoms with Crippen molar-refractivity contribution in [2.24, 2.45) is 4.99 Å². The third-order valence-corrected chi connectivity index (χ3v) is 6.37. The number of benzene rings is 1. The van der Waals surface area contributed by atoms with E-state index in [9.17, 15) is 9.59 Å². The number of piperazine rings is 1. The molecule has 3 aliphatic heterocycles. The van der Waals surface area contributed by atoms with Crippen molar-refractivity contribution in [2.75, 3.05) is 58.3 Å². The number of amidine groups is 1. The minimum absolute atomic E-state index is 0.243. The number of nitrogens with one attached hydrogen (secondary N) is 1. The standard InChI is InChI=1S/C22H32N6O3/c1-4-5-10-28-18(23-20-19(28)21(29)24-22(30)25(20)2)15-26-11-13-27(14-12-26)16-6-8-17(31-3)9-7-16/h6-9,19-20H,4-5,10-15H2,1-3H3,(H,24,29,30). The largest absolute Gasteiger partial charge is 0.497 e. The third-order valence-electron chi connectivity index (χ3n) is 6.37. The molecule has 9 nitrogen and oxygen atoms in total. The van der Waals surface area contributed by atoms with E-state index in [1.807, 2.05) is 12.1 Å². The van der Waals surface area contributed by atoms with Crippen molar-refractivity contribution in [3.63, 3.8) is 0 Å². The van der Waals surface area contributed by atoms with Gasteiger partial charge in [0.15, 0.2) is 12.2 Å². The predicted molar refractivity (Wildman–Crippen MR) is 120 cm³/mol. The zero-order chi connectivity index (χ0) is 22.0. The minimum atomic E-state index is -0.436. The van der Waals surface area contributed by atoms with Crippen LogP contribution in [0.15, 0.2) is 29.3 Å². The number of amides is 3. The lowest BCUT2D eigenvalue weighted by Gasteiger charge is -2.38. The van der Waals surface area contributed by atoms with Crippen molar-refractivity contribution in [3.05, 3.63) is 24.3 Å². The maximum Gasteiger partial charge on any atom is 0.325 e. The second-order valence-corrected chi connectivity index (χ2v) is 8.32. The van der Waals surface area contributed by atoms with Crippen molar-refractivity contribution in [1.29, 1.82) is 0 Å². The zero-order valence-electron chi connectivity index (χ0n) is 18.6. The van der Waals surface area contributed by atoms with Gasteiger partial charge >= 0.3 is 6.03 Å². The number of fused-ring (bicyclic) bond motifs is 1. The highest BCUT2D eigenvalue weighted by molar-refractivity contribution is 6.04. The number of carbonyl (C=O) groups is 2. The van der Waals surface area contributed by atoms with Crippen LogP contribution >= 0.6 is 0 Å². The van der Waals surface area contributed by atoms with E-state index in [1.54, 1.807) is 19.1 Å². The maximum atomic E-state index is 12.6. The Balaban J connectivity index is 1.41. The summed E-state index contributed by atoms with van der Waals surface area (Å²) in [6, 6.07) is 7.37. The van der Waals surface area contributed by atoms with E-state index < -0.39 is 12.2 Å². The fourth-order valence-electron chi connectivity index (χ4n) is 4.47. The molecule has 0 spiro atoms. The van der Waals surface area contributed by atoms with Gasteiger partial charge in [0.2, 0.25) is 0 Å². The Morgan fingerprint density at radius 1 is 1.13 bits per heavy atom. The van der Waals surface area contributed by atoms with Crippen LogP contribution in [0.4, 0.5) is 10.5 Å². The van der Waals surface area contributed by atoms with Gasteiger partial charge in [0.1, 0.15) is 11.6 Å². The molecule has 0 aliphatic carbocycles. The number of nitrogens with zero attached hydrogens (tertiary/aromatic N) is 5. The summed E-state index contributed by atoms with van der Waals surface area (Å²) in [5.74, 6) is 1.54. The van der Waals surface area contributed by atoms with E-state index in [4.69, 9.17) is 9.73 Å². The molecule has 0 bridgehead atoms. The van der Waals surface area contributed by atoms with Crippen molar-refractivity contribution >= 4 is 23.5 Å². The van der Waals surface area contributed by atoms with Crippen molar-refractivity contribution in [2.45, 2.75) is 32.0 Å². The summed E-state index contributed by atoms with van der Waals surface area (Å²) >= 11 is 0. The van der Waals surface area contributed by atoms with E-state index >= 15 is 0 Å². The Morgan fingerprint density at radius 2 is 1.84 bits per heavy atom. The van der Waals surface area contributed by atoms with E-state index in [0.717, 1.165) is 57.2 Å². The monoisotopic (exact) mass is 428 g/mol. The highest BCUT2D eigenvalue weighted by Gasteiger charge is 2.48. The Labute approximate surface area is 183 Å². The summed E-state index contributed by atoms with van der Waals surface area (Å²) in [4.78, 5) is 37.9. The first kappa shape index (κ1) is 21.4. The summed E-state index contributed by atoms with van der Waals surface area (Å²) in [5, 5.41) is 2.47. The molecule has 1 aromatic rings. The molecule has 2 atom stereocenters. The first-order valence-electron chi connectivity index (χ1n) is 11.0. The van der Waals surface area contributed by atoms with Gasteiger partial charge in [-0.3, -0.25) is 15.0 Å². The zero-order valence-corrected chi connectivity index (χ0v) is 18.6. The van der Waals surface area contributed by atoms with Crippen molar-refractivity contribution in [1.82, 2.24) is 20.0 Å². The number of imide groups is 1. The van der Waals surface area contributed by atoms with Gasteiger partial charge in [-0.05, 0) is 30.7 Å². The van der Waals surface area contributed by atoms with E-state index in [0.29, 0.717) is 6.54 Å². The van der Waals surface area contributed by atoms with Gasteiger partial charge in [0.25, 0.3) is 5.91 Å². The molecule has 0 aromatic heterocycles. The quantitative estimate of drug-likeness (QED) is 0.703. The molecule has 3 amide bonds. The van der Waals surface area contributed by atoms with Gasteiger partial charge in [0.05, 0.1) is 13.7 Å². The number of urea groups is 1. The lowest BCUT2D eigenvalue weighted by Crippen LogP contribution is -2.64. The van der Waals surface area contributed by atoms with Crippen LogP contribution in [-0.2, 0) is 4.79 Å². The number of hydrogen-bond acceptors (Lipinski definition) is 7. The number of aliphatic imine (C=N–C) groups is 1. The lowest BCUT2D eigenvalue weighted by molar-refractivity contribution is -0.127. The number of likely N-dealkylation sites (N-methyl/N-ethyl adjacent to an activating group) is 1. The van der Waals surface area contributed by atoms with Crippen LogP contribution in [-0.4, -0.2) is 98.1 Å².